The molecule has 0 saturated heterocycles. The van der Waals surface area contributed by atoms with E-state index in [9.17, 15) is 9.59 Å². The highest BCUT2D eigenvalue weighted by atomic mass is 35.5. The summed E-state index contributed by atoms with van der Waals surface area (Å²) in [6.07, 6.45) is 0. The molecule has 0 spiro atoms. The number of amides is 2. The van der Waals surface area contributed by atoms with Crippen molar-refractivity contribution in [2.45, 2.75) is 33.2 Å². The summed E-state index contributed by atoms with van der Waals surface area (Å²) < 4.78 is 0. The number of hydrogen-bond acceptors (Lipinski definition) is 3. The summed E-state index contributed by atoms with van der Waals surface area (Å²) in [5.41, 5.74) is 4.64. The van der Waals surface area contributed by atoms with E-state index < -0.39 is 11.4 Å². The van der Waals surface area contributed by atoms with Crippen LogP contribution >= 0.6 is 23.2 Å². The second kappa shape index (κ2) is 8.41. The van der Waals surface area contributed by atoms with Gasteiger partial charge in [0, 0.05) is 41.0 Å². The zero-order valence-electron chi connectivity index (χ0n) is 16.9. The molecule has 28 heavy (non-hydrogen) atoms. The van der Waals surface area contributed by atoms with Crippen LogP contribution in [0.2, 0.25) is 10.0 Å². The van der Waals surface area contributed by atoms with Crippen LogP contribution in [0.5, 0.6) is 0 Å². The molecular formula is C21H25Cl2N3O2. The lowest BCUT2D eigenvalue weighted by Gasteiger charge is -2.35. The molecular weight excluding hydrogens is 397 g/mol. The SMILES string of the molecule is Cc1c(C(=O)NN(C(=O)c2cc(Cl)cc(Cl)c2)C(C)(C)C)cccc1N(C)C. The molecule has 0 aliphatic rings. The molecule has 7 heteroatoms. The minimum absolute atomic E-state index is 0.298. The second-order valence-corrected chi connectivity index (χ2v) is 8.63. The average Bonchev–Trinajstić information content (AvgIpc) is 2.56. The Labute approximate surface area is 176 Å². The van der Waals surface area contributed by atoms with Gasteiger partial charge in [-0.3, -0.25) is 15.0 Å². The van der Waals surface area contributed by atoms with Gasteiger partial charge in [-0.25, -0.2) is 5.01 Å². The minimum atomic E-state index is -0.672. The van der Waals surface area contributed by atoms with E-state index in [1.807, 2.05) is 58.8 Å². The fourth-order valence-corrected chi connectivity index (χ4v) is 3.37. The fourth-order valence-electron chi connectivity index (χ4n) is 2.85. The maximum absolute atomic E-state index is 13.1. The Bertz CT molecular complexity index is 885. The Morgan fingerprint density at radius 3 is 2.07 bits per heavy atom. The Morgan fingerprint density at radius 1 is 1.00 bits per heavy atom. The molecule has 1 N–H and O–H groups in total. The van der Waals surface area contributed by atoms with Crippen LogP contribution in [0.3, 0.4) is 0 Å². The predicted octanol–water partition coefficient (Wildman–Crippen LogP) is 4.95. The number of hydrogen-bond donors (Lipinski definition) is 1. The molecule has 0 saturated carbocycles. The first-order chi connectivity index (χ1) is 12.9. The van der Waals surface area contributed by atoms with E-state index in [0.29, 0.717) is 21.2 Å². The van der Waals surface area contributed by atoms with Gasteiger partial charge < -0.3 is 4.90 Å². The maximum atomic E-state index is 13.1. The van der Waals surface area contributed by atoms with Crippen molar-refractivity contribution in [2.75, 3.05) is 19.0 Å². The molecule has 0 aliphatic carbocycles. The highest BCUT2D eigenvalue weighted by Crippen LogP contribution is 2.24. The van der Waals surface area contributed by atoms with Crippen molar-refractivity contribution in [3.05, 3.63) is 63.1 Å². The van der Waals surface area contributed by atoms with Crippen LogP contribution in [0, 0.1) is 6.92 Å². The number of halogens is 2. The lowest BCUT2D eigenvalue weighted by atomic mass is 10.0. The van der Waals surface area contributed by atoms with E-state index in [-0.39, 0.29) is 5.91 Å². The molecule has 2 aromatic carbocycles. The van der Waals surface area contributed by atoms with Crippen molar-refractivity contribution < 1.29 is 9.59 Å². The zero-order chi connectivity index (χ0) is 21.2. The van der Waals surface area contributed by atoms with E-state index in [1.165, 1.54) is 17.1 Å². The van der Waals surface area contributed by atoms with Crippen LogP contribution in [0.4, 0.5) is 5.69 Å². The summed E-state index contributed by atoms with van der Waals surface area (Å²) in [6, 6.07) is 10.1. The second-order valence-electron chi connectivity index (χ2n) is 7.75. The molecule has 0 atom stereocenters. The van der Waals surface area contributed by atoms with Gasteiger partial charge in [0.25, 0.3) is 11.8 Å². The minimum Gasteiger partial charge on any atom is -0.377 e. The highest BCUT2D eigenvalue weighted by molar-refractivity contribution is 6.35. The number of carbonyl (C=O) groups excluding carboxylic acids is 2. The average molecular weight is 422 g/mol. The normalized spacial score (nSPS) is 11.1. The monoisotopic (exact) mass is 421 g/mol. The summed E-state index contributed by atoms with van der Waals surface area (Å²) in [4.78, 5) is 28.0. The van der Waals surface area contributed by atoms with Gasteiger partial charge in [0.05, 0.1) is 5.54 Å². The van der Waals surface area contributed by atoms with Crippen LogP contribution in [0.25, 0.3) is 0 Å². The molecule has 0 aromatic heterocycles. The topological polar surface area (TPSA) is 52.7 Å². The zero-order valence-corrected chi connectivity index (χ0v) is 18.4. The third-order valence-electron chi connectivity index (χ3n) is 4.23. The van der Waals surface area contributed by atoms with Crippen LogP contribution < -0.4 is 10.3 Å². The smallest absolute Gasteiger partial charge is 0.272 e. The molecule has 0 aliphatic heterocycles. The number of anilines is 1. The number of nitrogens with one attached hydrogen (secondary N) is 1. The third kappa shape index (κ3) is 4.97. The maximum Gasteiger partial charge on any atom is 0.272 e. The van der Waals surface area contributed by atoms with Crippen LogP contribution in [-0.2, 0) is 0 Å². The molecule has 0 fully saturated rings. The molecule has 0 bridgehead atoms. The summed E-state index contributed by atoms with van der Waals surface area (Å²) in [6.45, 7) is 7.38. The standard InChI is InChI=1S/C21H25Cl2N3O2/c1-13-17(8-7-9-18(13)25(5)6)19(27)24-26(21(2,3)4)20(28)14-10-15(22)12-16(23)11-14/h7-12H,1-6H3,(H,24,27). The van der Waals surface area contributed by atoms with Crippen molar-refractivity contribution in [3.8, 4) is 0 Å². The molecule has 2 rings (SSSR count). The Hall–Kier alpha value is -2.24. The van der Waals surface area contributed by atoms with Crippen LogP contribution in [0.1, 0.15) is 47.1 Å². The van der Waals surface area contributed by atoms with Gasteiger partial charge in [-0.15, -0.1) is 0 Å². The summed E-state index contributed by atoms with van der Waals surface area (Å²) in [7, 11) is 3.83. The number of rotatable bonds is 3. The molecule has 5 nitrogen and oxygen atoms in total. The van der Waals surface area contributed by atoms with E-state index in [1.54, 1.807) is 12.1 Å². The van der Waals surface area contributed by atoms with Crippen molar-refractivity contribution in [2.24, 2.45) is 0 Å². The molecule has 0 unspecified atom stereocenters. The summed E-state index contributed by atoms with van der Waals surface area (Å²) in [5, 5.41) is 2.01. The van der Waals surface area contributed by atoms with Crippen molar-refractivity contribution in [1.82, 2.24) is 10.4 Å². The lowest BCUT2D eigenvalue weighted by Crippen LogP contribution is -2.56. The van der Waals surface area contributed by atoms with Gasteiger partial charge in [0.15, 0.2) is 0 Å². The number of hydrazine groups is 1. The molecule has 0 radical (unpaired) electrons. The number of benzene rings is 2. The van der Waals surface area contributed by atoms with Crippen LogP contribution in [-0.4, -0.2) is 36.5 Å². The van der Waals surface area contributed by atoms with Crippen molar-refractivity contribution >= 4 is 40.7 Å². The van der Waals surface area contributed by atoms with E-state index in [4.69, 9.17) is 23.2 Å². The quantitative estimate of drug-likeness (QED) is 0.712. The number of carbonyl (C=O) groups is 2. The van der Waals surface area contributed by atoms with Gasteiger partial charge in [0.2, 0.25) is 0 Å². The largest absolute Gasteiger partial charge is 0.377 e. The fraction of sp³-hybridized carbons (Fsp3) is 0.333. The molecule has 2 aromatic rings. The van der Waals surface area contributed by atoms with Crippen molar-refractivity contribution in [1.29, 1.82) is 0 Å². The van der Waals surface area contributed by atoms with Crippen molar-refractivity contribution in [3.63, 3.8) is 0 Å². The Morgan fingerprint density at radius 2 is 1.57 bits per heavy atom. The van der Waals surface area contributed by atoms with Gasteiger partial charge in [-0.1, -0.05) is 29.3 Å². The predicted molar refractivity (Wildman–Crippen MR) is 115 cm³/mol. The Kier molecular flexibility index (Phi) is 6.63. The number of nitrogens with zero attached hydrogens (tertiary/aromatic N) is 2. The van der Waals surface area contributed by atoms with Crippen LogP contribution in [0.15, 0.2) is 36.4 Å². The van der Waals surface area contributed by atoms with E-state index >= 15 is 0 Å². The lowest BCUT2D eigenvalue weighted by molar-refractivity contribution is 0.0358. The summed E-state index contributed by atoms with van der Waals surface area (Å²) in [5.74, 6) is -0.760. The first-order valence-electron chi connectivity index (χ1n) is 8.80. The highest BCUT2D eigenvalue weighted by Gasteiger charge is 2.30. The van der Waals surface area contributed by atoms with E-state index in [2.05, 4.69) is 5.43 Å². The van der Waals surface area contributed by atoms with E-state index in [0.717, 1.165) is 11.3 Å². The van der Waals surface area contributed by atoms with Gasteiger partial charge in [-0.2, -0.15) is 0 Å². The molecule has 150 valence electrons. The van der Waals surface area contributed by atoms with Gasteiger partial charge in [-0.05, 0) is 63.6 Å². The van der Waals surface area contributed by atoms with Gasteiger partial charge >= 0.3 is 0 Å². The first kappa shape index (κ1) is 22.1. The molecule has 0 heterocycles. The Balaban J connectivity index is 2.39. The molecule has 2 amide bonds. The first-order valence-corrected chi connectivity index (χ1v) is 9.56. The van der Waals surface area contributed by atoms with Gasteiger partial charge in [0.1, 0.15) is 0 Å². The third-order valence-corrected chi connectivity index (χ3v) is 4.66. The summed E-state index contributed by atoms with van der Waals surface area (Å²) >= 11 is 12.1.